The van der Waals surface area contributed by atoms with E-state index in [1.165, 1.54) is 32.1 Å². The Morgan fingerprint density at radius 1 is 1.03 bits per heavy atom. The molecule has 8 heteroatoms. The van der Waals surface area contributed by atoms with E-state index in [-0.39, 0.29) is 6.04 Å². The number of hydrogen-bond donors (Lipinski definition) is 0. The molecule has 1 aromatic carbocycles. The second-order valence-corrected chi connectivity index (χ2v) is 9.05. The van der Waals surface area contributed by atoms with E-state index in [1.807, 2.05) is 16.8 Å². The molecule has 0 N–H and O–H groups in total. The molecule has 1 saturated heterocycles. The summed E-state index contributed by atoms with van der Waals surface area (Å²) in [6.45, 7) is 7.69. The maximum absolute atomic E-state index is 5.53. The number of ether oxygens (including phenoxy) is 2. The maximum atomic E-state index is 5.53. The summed E-state index contributed by atoms with van der Waals surface area (Å²) in [4.78, 5) is 5.33. The van der Waals surface area contributed by atoms with Crippen molar-refractivity contribution in [3.63, 3.8) is 0 Å². The molecule has 1 aliphatic carbocycles. The molecule has 0 amide bonds. The lowest BCUT2D eigenvalue weighted by molar-refractivity contribution is 0.0501. The summed E-state index contributed by atoms with van der Waals surface area (Å²) in [6, 6.07) is 7.14. The second-order valence-electron chi connectivity index (χ2n) is 9.05. The first-order chi connectivity index (χ1) is 15.3. The molecule has 2 aliphatic heterocycles. The molecule has 2 fully saturated rings. The number of fused-ring (bicyclic) bond motifs is 1. The molecule has 1 aromatic heterocycles. The molecular weight excluding hydrogens is 392 g/mol. The molecule has 8 nitrogen and oxygen atoms in total. The zero-order valence-corrected chi connectivity index (χ0v) is 18.6. The van der Waals surface area contributed by atoms with Crippen molar-refractivity contribution >= 4 is 0 Å². The summed E-state index contributed by atoms with van der Waals surface area (Å²) >= 11 is 0. The largest absolute Gasteiger partial charge is 0.454 e. The van der Waals surface area contributed by atoms with Crippen molar-refractivity contribution in [2.45, 2.75) is 70.5 Å². The number of benzene rings is 1. The zero-order chi connectivity index (χ0) is 21.0. The highest BCUT2D eigenvalue weighted by molar-refractivity contribution is 5.44. The summed E-state index contributed by atoms with van der Waals surface area (Å²) < 4.78 is 12.9. The van der Waals surface area contributed by atoms with Gasteiger partial charge in [-0.25, -0.2) is 4.68 Å². The quantitative estimate of drug-likeness (QED) is 0.673. The van der Waals surface area contributed by atoms with Crippen LogP contribution in [-0.2, 0) is 6.54 Å². The van der Waals surface area contributed by atoms with Crippen molar-refractivity contribution in [2.24, 2.45) is 0 Å². The lowest BCUT2D eigenvalue weighted by atomic mass is 9.93. The Bertz CT molecular complexity index is 858. The molecule has 3 heterocycles. The van der Waals surface area contributed by atoms with Gasteiger partial charge in [-0.3, -0.25) is 9.80 Å². The number of nitrogens with zero attached hydrogens (tertiary/aromatic N) is 6. The molecule has 5 rings (SSSR count). The van der Waals surface area contributed by atoms with Crippen LogP contribution in [0.25, 0.3) is 0 Å². The van der Waals surface area contributed by atoms with Gasteiger partial charge in [0.2, 0.25) is 6.79 Å². The summed E-state index contributed by atoms with van der Waals surface area (Å²) in [5.41, 5.74) is 1.12. The van der Waals surface area contributed by atoms with Crippen LogP contribution < -0.4 is 9.47 Å². The molecule has 1 atom stereocenters. The molecule has 31 heavy (non-hydrogen) atoms. The predicted octanol–water partition coefficient (Wildman–Crippen LogP) is 3.24. The van der Waals surface area contributed by atoms with Crippen LogP contribution in [0.1, 0.15) is 69.3 Å². The van der Waals surface area contributed by atoms with Gasteiger partial charge in [-0.1, -0.05) is 38.7 Å². The van der Waals surface area contributed by atoms with Gasteiger partial charge in [0.25, 0.3) is 0 Å². The fraction of sp³-hybridized carbons (Fsp3) is 0.696. The van der Waals surface area contributed by atoms with Gasteiger partial charge in [-0.15, -0.1) is 5.10 Å². The molecule has 1 unspecified atom stereocenters. The average molecular weight is 427 g/mol. The third-order valence-corrected chi connectivity index (χ3v) is 7.07. The fourth-order valence-corrected chi connectivity index (χ4v) is 5.38. The normalized spacial score (nSPS) is 21.5. The van der Waals surface area contributed by atoms with Gasteiger partial charge in [0.05, 0.1) is 12.6 Å². The highest BCUT2D eigenvalue weighted by Crippen LogP contribution is 2.33. The Labute approximate surface area is 184 Å². The van der Waals surface area contributed by atoms with Gasteiger partial charge in [0.1, 0.15) is 0 Å². The minimum Gasteiger partial charge on any atom is -0.454 e. The van der Waals surface area contributed by atoms with Gasteiger partial charge in [-0.05, 0) is 47.4 Å². The van der Waals surface area contributed by atoms with E-state index in [1.54, 1.807) is 0 Å². The lowest BCUT2D eigenvalue weighted by Crippen LogP contribution is -2.51. The Morgan fingerprint density at radius 3 is 2.65 bits per heavy atom. The van der Waals surface area contributed by atoms with Crippen LogP contribution in [0.5, 0.6) is 11.5 Å². The van der Waals surface area contributed by atoms with E-state index in [2.05, 4.69) is 38.3 Å². The van der Waals surface area contributed by atoms with Crippen molar-refractivity contribution in [3.05, 3.63) is 29.6 Å². The molecule has 2 aromatic rings. The third kappa shape index (κ3) is 4.55. The van der Waals surface area contributed by atoms with Crippen LogP contribution in [0.15, 0.2) is 18.2 Å². The van der Waals surface area contributed by atoms with E-state index in [9.17, 15) is 0 Å². The smallest absolute Gasteiger partial charge is 0.231 e. The summed E-state index contributed by atoms with van der Waals surface area (Å²) in [5.74, 6) is 2.59. The number of piperazine rings is 1. The van der Waals surface area contributed by atoms with E-state index < -0.39 is 0 Å². The first-order valence-electron chi connectivity index (χ1n) is 11.9. The van der Waals surface area contributed by atoms with Crippen molar-refractivity contribution in [1.29, 1.82) is 0 Å². The molecule has 0 bridgehead atoms. The van der Waals surface area contributed by atoms with Crippen LogP contribution in [0.4, 0.5) is 0 Å². The molecule has 3 aliphatic rings. The third-order valence-electron chi connectivity index (χ3n) is 7.07. The van der Waals surface area contributed by atoms with E-state index >= 15 is 0 Å². The molecular formula is C23H34N6O2. The maximum Gasteiger partial charge on any atom is 0.231 e. The monoisotopic (exact) mass is 426 g/mol. The van der Waals surface area contributed by atoms with Crippen LogP contribution in [0, 0.1) is 0 Å². The van der Waals surface area contributed by atoms with Crippen LogP contribution in [0.2, 0.25) is 0 Å². The number of rotatable bonds is 7. The fourth-order valence-electron chi connectivity index (χ4n) is 5.38. The SMILES string of the molecule is CCCC(c1nnnn1Cc1ccc2c(c1)OCO2)N1CCN(C2CCCCC2)CC1. The first-order valence-corrected chi connectivity index (χ1v) is 11.9. The minimum absolute atomic E-state index is 0.266. The Hall–Kier alpha value is -2.19. The van der Waals surface area contributed by atoms with Gasteiger partial charge < -0.3 is 9.47 Å². The molecule has 0 radical (unpaired) electrons. The number of hydrogen-bond acceptors (Lipinski definition) is 7. The van der Waals surface area contributed by atoms with Crippen molar-refractivity contribution in [3.8, 4) is 11.5 Å². The molecule has 168 valence electrons. The highest BCUT2D eigenvalue weighted by Gasteiger charge is 2.31. The standard InChI is InChI=1S/C23H34N6O2/c1-2-6-20(28-13-11-27(12-14-28)19-7-4-3-5-8-19)23-24-25-26-29(23)16-18-9-10-21-22(15-18)31-17-30-21/h9-10,15,19-20H,2-8,11-14,16-17H2,1H3. The van der Waals surface area contributed by atoms with Crippen LogP contribution >= 0.6 is 0 Å². The molecule has 0 spiro atoms. The number of tetrazole rings is 1. The van der Waals surface area contributed by atoms with E-state index in [4.69, 9.17) is 9.47 Å². The first kappa shape index (κ1) is 20.7. The predicted molar refractivity (Wildman–Crippen MR) is 117 cm³/mol. The Balaban J connectivity index is 1.27. The van der Waals surface area contributed by atoms with Crippen molar-refractivity contribution in [1.82, 2.24) is 30.0 Å². The van der Waals surface area contributed by atoms with Gasteiger partial charge in [0.15, 0.2) is 17.3 Å². The number of aromatic nitrogens is 4. The summed E-state index contributed by atoms with van der Waals surface area (Å²) in [6.07, 6.45) is 9.17. The van der Waals surface area contributed by atoms with Crippen LogP contribution in [-0.4, -0.2) is 69.0 Å². The van der Waals surface area contributed by atoms with Gasteiger partial charge in [0, 0.05) is 32.2 Å². The second kappa shape index (κ2) is 9.53. The van der Waals surface area contributed by atoms with Crippen molar-refractivity contribution < 1.29 is 9.47 Å². The summed E-state index contributed by atoms with van der Waals surface area (Å²) in [7, 11) is 0. The minimum atomic E-state index is 0.266. The Morgan fingerprint density at radius 2 is 1.84 bits per heavy atom. The van der Waals surface area contributed by atoms with Crippen molar-refractivity contribution in [2.75, 3.05) is 33.0 Å². The average Bonchev–Trinajstić information content (AvgIpc) is 3.47. The Kier molecular flexibility index (Phi) is 6.36. The van der Waals surface area contributed by atoms with Gasteiger partial charge >= 0.3 is 0 Å². The van der Waals surface area contributed by atoms with Crippen LogP contribution in [0.3, 0.4) is 0 Å². The zero-order valence-electron chi connectivity index (χ0n) is 18.6. The summed E-state index contributed by atoms with van der Waals surface area (Å²) in [5, 5.41) is 12.9. The lowest BCUT2D eigenvalue weighted by Gasteiger charge is -2.43. The topological polar surface area (TPSA) is 68.5 Å². The van der Waals surface area contributed by atoms with E-state index in [0.717, 1.165) is 67.9 Å². The molecule has 1 saturated carbocycles. The highest BCUT2D eigenvalue weighted by atomic mass is 16.7. The van der Waals surface area contributed by atoms with Gasteiger partial charge in [-0.2, -0.15) is 0 Å². The van der Waals surface area contributed by atoms with E-state index in [0.29, 0.717) is 13.3 Å².